The molecule has 2 heterocycles. The van der Waals surface area contributed by atoms with E-state index in [1.807, 2.05) is 12.1 Å². The molecule has 7 rings (SSSR count). The third-order valence-corrected chi connectivity index (χ3v) is 9.28. The van der Waals surface area contributed by atoms with E-state index in [1.54, 1.807) is 12.1 Å². The number of aryl methyl sites for hydroxylation is 1. The van der Waals surface area contributed by atoms with Crippen molar-refractivity contribution in [2.45, 2.75) is 64.3 Å². The maximum atomic E-state index is 14.1. The van der Waals surface area contributed by atoms with Crippen LogP contribution in [0.5, 0.6) is 0 Å². The fourth-order valence-corrected chi connectivity index (χ4v) is 6.48. The van der Waals surface area contributed by atoms with Gasteiger partial charge in [-0.3, -0.25) is 4.79 Å². The minimum atomic E-state index is -0.209. The van der Waals surface area contributed by atoms with Crippen molar-refractivity contribution in [3.63, 3.8) is 0 Å². The van der Waals surface area contributed by atoms with Gasteiger partial charge in [0.25, 0.3) is 0 Å². The molecule has 2 aliphatic carbocycles. The number of anilines is 2. The topological polar surface area (TPSA) is 46.1 Å². The molecule has 0 bridgehead atoms. The Labute approximate surface area is 241 Å². The summed E-state index contributed by atoms with van der Waals surface area (Å²) in [4.78, 5) is 12.0. The van der Waals surface area contributed by atoms with Crippen LogP contribution in [0, 0.1) is 11.7 Å². The molecule has 1 aliphatic heterocycles. The highest BCUT2D eigenvalue weighted by Crippen LogP contribution is 2.43. The molecule has 5 heteroatoms. The van der Waals surface area contributed by atoms with Crippen molar-refractivity contribution in [3.05, 3.63) is 112 Å². The van der Waals surface area contributed by atoms with Crippen LogP contribution in [0.4, 0.5) is 15.8 Å². The van der Waals surface area contributed by atoms with E-state index in [4.69, 9.17) is 0 Å². The summed E-state index contributed by atoms with van der Waals surface area (Å²) in [5.41, 5.74) is 10.2. The number of benzene rings is 3. The number of nitrogens with one attached hydrogen (secondary N) is 2. The molecule has 3 aliphatic rings. The van der Waals surface area contributed by atoms with Gasteiger partial charge in [0.05, 0.1) is 0 Å². The SMILES string of the molecule is CC1CCC1c1ccc2c(c1)cc(/C=C/C(Nc1ccc3c(c1)NC(=O)CC3)=C1CCC1)n2Cc1cccc(F)c1. The van der Waals surface area contributed by atoms with Crippen molar-refractivity contribution in [1.29, 1.82) is 0 Å². The molecule has 1 aromatic heterocycles. The predicted octanol–water partition coefficient (Wildman–Crippen LogP) is 8.79. The average molecular weight is 546 g/mol. The first-order valence-electron chi connectivity index (χ1n) is 15.0. The van der Waals surface area contributed by atoms with E-state index in [9.17, 15) is 9.18 Å². The number of rotatable bonds is 7. The van der Waals surface area contributed by atoms with Gasteiger partial charge < -0.3 is 15.2 Å². The van der Waals surface area contributed by atoms with Gasteiger partial charge in [0.1, 0.15) is 5.82 Å². The third kappa shape index (κ3) is 5.21. The molecule has 1 amide bonds. The van der Waals surface area contributed by atoms with E-state index in [0.29, 0.717) is 18.9 Å². The minimum Gasteiger partial charge on any atom is -0.356 e. The summed E-state index contributed by atoms with van der Waals surface area (Å²) in [7, 11) is 0. The molecule has 0 spiro atoms. The Kier molecular flexibility index (Phi) is 6.74. The molecule has 4 aromatic rings. The summed E-state index contributed by atoms with van der Waals surface area (Å²) < 4.78 is 16.4. The minimum absolute atomic E-state index is 0.0770. The van der Waals surface area contributed by atoms with Gasteiger partial charge in [-0.2, -0.15) is 0 Å². The third-order valence-electron chi connectivity index (χ3n) is 9.28. The van der Waals surface area contributed by atoms with Crippen LogP contribution in [0.3, 0.4) is 0 Å². The van der Waals surface area contributed by atoms with Crippen LogP contribution in [0.15, 0.2) is 84.1 Å². The number of fused-ring (bicyclic) bond motifs is 2. The van der Waals surface area contributed by atoms with E-state index < -0.39 is 0 Å². The molecular weight excluding hydrogens is 509 g/mol. The standard InChI is InChI=1S/C36H36FN3O/c1-23-8-14-32(23)27-10-16-35-28(19-27)20-31(40(35)22-24-4-2-7-29(37)18-24)13-15-33(25-5-3-6-25)38-30-12-9-26-11-17-36(41)39-34(26)21-30/h2,4,7,9-10,12-13,15-16,18-21,23,32,38H,3,5-6,8,11,14,17,22H2,1H3,(H,39,41)/b15-13+. The molecular formula is C36H36FN3O. The molecule has 41 heavy (non-hydrogen) atoms. The van der Waals surface area contributed by atoms with Crippen LogP contribution >= 0.6 is 0 Å². The lowest BCUT2D eigenvalue weighted by atomic mass is 9.71. The second-order valence-electron chi connectivity index (χ2n) is 12.0. The van der Waals surface area contributed by atoms with Crippen molar-refractivity contribution in [1.82, 2.24) is 4.57 Å². The first-order valence-corrected chi connectivity index (χ1v) is 15.0. The molecule has 0 saturated heterocycles. The van der Waals surface area contributed by atoms with E-state index in [-0.39, 0.29) is 11.7 Å². The zero-order valence-corrected chi connectivity index (χ0v) is 23.6. The van der Waals surface area contributed by atoms with E-state index in [2.05, 4.69) is 70.7 Å². The van der Waals surface area contributed by atoms with Gasteiger partial charge in [0.2, 0.25) is 5.91 Å². The Morgan fingerprint density at radius 1 is 1.02 bits per heavy atom. The zero-order valence-electron chi connectivity index (χ0n) is 23.6. The van der Waals surface area contributed by atoms with Gasteiger partial charge >= 0.3 is 0 Å². The maximum absolute atomic E-state index is 14.1. The Hall–Kier alpha value is -4.12. The largest absolute Gasteiger partial charge is 0.356 e. The van der Waals surface area contributed by atoms with Crippen LogP contribution < -0.4 is 10.6 Å². The predicted molar refractivity (Wildman–Crippen MR) is 166 cm³/mol. The molecule has 4 nitrogen and oxygen atoms in total. The van der Waals surface area contributed by atoms with E-state index >= 15 is 0 Å². The highest BCUT2D eigenvalue weighted by Gasteiger charge is 2.28. The van der Waals surface area contributed by atoms with E-state index in [0.717, 1.165) is 53.5 Å². The van der Waals surface area contributed by atoms with Gasteiger partial charge in [0.15, 0.2) is 0 Å². The lowest BCUT2D eigenvalue weighted by Gasteiger charge is -2.34. The Morgan fingerprint density at radius 3 is 2.68 bits per heavy atom. The van der Waals surface area contributed by atoms with Gasteiger partial charge in [-0.05, 0) is 127 Å². The molecule has 2 saturated carbocycles. The number of hydrogen-bond donors (Lipinski definition) is 2. The van der Waals surface area contributed by atoms with Crippen LogP contribution in [0.25, 0.3) is 17.0 Å². The van der Waals surface area contributed by atoms with Crippen LogP contribution in [0.1, 0.15) is 73.8 Å². The van der Waals surface area contributed by atoms with Crippen LogP contribution in [-0.2, 0) is 17.8 Å². The molecule has 2 atom stereocenters. The molecule has 0 radical (unpaired) electrons. The number of nitrogens with zero attached hydrogens (tertiary/aromatic N) is 1. The number of amides is 1. The quantitative estimate of drug-likeness (QED) is 0.244. The van der Waals surface area contributed by atoms with Crippen molar-refractivity contribution >= 4 is 34.3 Å². The summed E-state index contributed by atoms with van der Waals surface area (Å²) in [5, 5.41) is 7.90. The normalized spacial score (nSPS) is 20.0. The van der Waals surface area contributed by atoms with Gasteiger partial charge in [-0.1, -0.05) is 31.2 Å². The monoisotopic (exact) mass is 545 g/mol. The van der Waals surface area contributed by atoms with Gasteiger partial charge in [-0.25, -0.2) is 4.39 Å². The summed E-state index contributed by atoms with van der Waals surface area (Å²) in [6.45, 7) is 2.95. The second kappa shape index (κ2) is 10.7. The summed E-state index contributed by atoms with van der Waals surface area (Å²) in [6.07, 6.45) is 11.7. The Morgan fingerprint density at radius 2 is 1.93 bits per heavy atom. The average Bonchev–Trinajstić information content (AvgIpc) is 3.26. The summed E-state index contributed by atoms with van der Waals surface area (Å²) in [6, 6.07) is 22.3. The number of carbonyl (C=O) groups is 1. The number of allylic oxidation sites excluding steroid dienone is 2. The highest BCUT2D eigenvalue weighted by atomic mass is 19.1. The van der Waals surface area contributed by atoms with Crippen molar-refractivity contribution in [2.75, 3.05) is 10.6 Å². The van der Waals surface area contributed by atoms with E-state index in [1.165, 1.54) is 52.9 Å². The van der Waals surface area contributed by atoms with Crippen LogP contribution in [0.2, 0.25) is 0 Å². The molecule has 2 unspecified atom stereocenters. The first-order chi connectivity index (χ1) is 20.0. The number of carbonyl (C=O) groups excluding carboxylic acids is 1. The van der Waals surface area contributed by atoms with Gasteiger partial charge in [0, 0.05) is 46.6 Å². The first kappa shape index (κ1) is 25.8. The lowest BCUT2D eigenvalue weighted by Crippen LogP contribution is -2.20. The fourth-order valence-electron chi connectivity index (χ4n) is 6.48. The van der Waals surface area contributed by atoms with Crippen LogP contribution in [-0.4, -0.2) is 10.5 Å². The zero-order chi connectivity index (χ0) is 27.9. The highest BCUT2D eigenvalue weighted by molar-refractivity contribution is 5.94. The molecule has 2 N–H and O–H groups in total. The van der Waals surface area contributed by atoms with Gasteiger partial charge in [-0.15, -0.1) is 0 Å². The number of hydrogen-bond acceptors (Lipinski definition) is 2. The Bertz CT molecular complexity index is 1710. The molecule has 208 valence electrons. The number of aromatic nitrogens is 1. The fraction of sp³-hybridized carbons (Fsp3) is 0.306. The summed E-state index contributed by atoms with van der Waals surface area (Å²) >= 11 is 0. The smallest absolute Gasteiger partial charge is 0.224 e. The number of halogens is 1. The Balaban J connectivity index is 1.23. The maximum Gasteiger partial charge on any atom is 0.224 e. The molecule has 2 fully saturated rings. The molecule has 3 aromatic carbocycles. The van der Waals surface area contributed by atoms with Crippen molar-refractivity contribution < 1.29 is 9.18 Å². The summed E-state index contributed by atoms with van der Waals surface area (Å²) in [5.74, 6) is 1.25. The second-order valence-corrected chi connectivity index (χ2v) is 12.0. The van der Waals surface area contributed by atoms with Crippen molar-refractivity contribution in [2.24, 2.45) is 5.92 Å². The van der Waals surface area contributed by atoms with Crippen molar-refractivity contribution in [3.8, 4) is 0 Å². The lowest BCUT2D eigenvalue weighted by molar-refractivity contribution is -0.116.